The van der Waals surface area contributed by atoms with Crippen LogP contribution in [-0.4, -0.2) is 17.0 Å². The van der Waals surface area contributed by atoms with Gasteiger partial charge in [-0.15, -0.1) is 11.3 Å². The van der Waals surface area contributed by atoms with E-state index in [0.717, 1.165) is 21.8 Å². The van der Waals surface area contributed by atoms with Crippen LogP contribution in [0.1, 0.15) is 20.1 Å². The first-order valence-electron chi connectivity index (χ1n) is 3.82. The molecule has 0 saturated heterocycles. The highest BCUT2D eigenvalue weighted by Gasteiger charge is 2.08. The highest BCUT2D eigenvalue weighted by atomic mass is 32.1. The van der Waals surface area contributed by atoms with Crippen LogP contribution in [0.25, 0.3) is 6.08 Å². The monoisotopic (exact) mass is 211 g/mol. The second-order valence-electron chi connectivity index (χ2n) is 2.70. The summed E-state index contributed by atoms with van der Waals surface area (Å²) in [6.07, 6.45) is 2.74. The van der Waals surface area contributed by atoms with Crippen molar-refractivity contribution in [1.82, 2.24) is 0 Å². The van der Waals surface area contributed by atoms with Crippen molar-refractivity contribution in [1.29, 1.82) is 0 Å². The quantitative estimate of drug-likeness (QED) is 0.738. The lowest BCUT2D eigenvalue weighted by molar-refractivity contribution is -0.113. The van der Waals surface area contributed by atoms with E-state index >= 15 is 0 Å². The van der Waals surface area contributed by atoms with Crippen LogP contribution >= 0.6 is 11.3 Å². The zero-order valence-electron chi connectivity index (χ0n) is 7.48. The fourth-order valence-corrected chi connectivity index (χ4v) is 1.84. The number of nitrogens with two attached hydrogens (primary N) is 1. The van der Waals surface area contributed by atoms with Gasteiger partial charge in [-0.3, -0.25) is 4.79 Å². The van der Waals surface area contributed by atoms with Gasteiger partial charge in [-0.05, 0) is 24.6 Å². The molecule has 1 aromatic rings. The lowest BCUT2D eigenvalue weighted by Crippen LogP contribution is -2.04. The third kappa shape index (κ3) is 2.43. The molecule has 0 aliphatic rings. The summed E-state index contributed by atoms with van der Waals surface area (Å²) in [6, 6.07) is 1.56. The largest absolute Gasteiger partial charge is 0.477 e. The van der Waals surface area contributed by atoms with Gasteiger partial charge in [-0.2, -0.15) is 0 Å². The van der Waals surface area contributed by atoms with Gasteiger partial charge in [0.1, 0.15) is 4.88 Å². The van der Waals surface area contributed by atoms with Gasteiger partial charge in [0, 0.05) is 11.0 Å². The molecule has 14 heavy (non-hydrogen) atoms. The lowest BCUT2D eigenvalue weighted by atomic mass is 10.2. The Morgan fingerprint density at radius 3 is 2.64 bits per heavy atom. The molecule has 0 aliphatic carbocycles. The second kappa shape index (κ2) is 4.06. The first-order chi connectivity index (χ1) is 6.50. The van der Waals surface area contributed by atoms with Crippen LogP contribution in [-0.2, 0) is 4.79 Å². The fraction of sp³-hybridized carbons (Fsp3) is 0.111. The minimum atomic E-state index is -0.961. The number of rotatable bonds is 3. The Labute approximate surface area is 84.7 Å². The number of aryl methyl sites for hydroxylation is 1. The summed E-state index contributed by atoms with van der Waals surface area (Å²) in [7, 11) is 0. The van der Waals surface area contributed by atoms with Crippen LogP contribution in [0.3, 0.4) is 0 Å². The van der Waals surface area contributed by atoms with Crippen LogP contribution in [0.5, 0.6) is 0 Å². The van der Waals surface area contributed by atoms with Crippen molar-refractivity contribution in [2.24, 2.45) is 5.73 Å². The Kier molecular flexibility index (Phi) is 3.03. The van der Waals surface area contributed by atoms with Gasteiger partial charge in [-0.1, -0.05) is 0 Å². The van der Waals surface area contributed by atoms with Crippen LogP contribution in [0, 0.1) is 6.92 Å². The number of thiophene rings is 1. The Bertz CT molecular complexity index is 406. The zero-order valence-corrected chi connectivity index (χ0v) is 8.30. The average molecular weight is 211 g/mol. The molecule has 0 spiro atoms. The lowest BCUT2D eigenvalue weighted by Gasteiger charge is -1.86. The summed E-state index contributed by atoms with van der Waals surface area (Å²) in [5.74, 6) is -1.51. The van der Waals surface area contributed by atoms with E-state index in [1.165, 1.54) is 12.2 Å². The van der Waals surface area contributed by atoms with Gasteiger partial charge in [0.05, 0.1) is 0 Å². The van der Waals surface area contributed by atoms with Crippen molar-refractivity contribution < 1.29 is 14.7 Å². The third-order valence-corrected chi connectivity index (χ3v) is 2.76. The summed E-state index contributed by atoms with van der Waals surface area (Å²) in [5.41, 5.74) is 5.74. The van der Waals surface area contributed by atoms with Crippen molar-refractivity contribution in [2.75, 3.05) is 0 Å². The van der Waals surface area contributed by atoms with Crippen LogP contribution in [0.2, 0.25) is 0 Å². The number of aromatic carboxylic acids is 1. The first kappa shape index (κ1) is 10.5. The number of hydrogen-bond acceptors (Lipinski definition) is 3. The van der Waals surface area contributed by atoms with Crippen molar-refractivity contribution in [3.63, 3.8) is 0 Å². The summed E-state index contributed by atoms with van der Waals surface area (Å²) >= 11 is 1.12. The average Bonchev–Trinajstić information content (AvgIpc) is 2.43. The maximum absolute atomic E-state index is 10.6. The Morgan fingerprint density at radius 2 is 2.21 bits per heavy atom. The summed E-state index contributed by atoms with van der Waals surface area (Å²) in [4.78, 5) is 22.0. The molecular formula is C9H9NO3S. The molecule has 1 amide bonds. The number of hydrogen-bond donors (Lipinski definition) is 2. The molecule has 3 N–H and O–H groups in total. The Hall–Kier alpha value is -1.62. The van der Waals surface area contributed by atoms with E-state index in [0.29, 0.717) is 0 Å². The topological polar surface area (TPSA) is 80.4 Å². The minimum absolute atomic E-state index is 0.256. The molecular weight excluding hydrogens is 202 g/mol. The van der Waals surface area contributed by atoms with Gasteiger partial charge in [-0.25, -0.2) is 4.79 Å². The van der Waals surface area contributed by atoms with E-state index in [-0.39, 0.29) is 4.88 Å². The van der Waals surface area contributed by atoms with Gasteiger partial charge >= 0.3 is 5.97 Å². The number of carboxylic acids is 1. The normalized spacial score (nSPS) is 10.6. The summed E-state index contributed by atoms with van der Waals surface area (Å²) in [5, 5.41) is 8.69. The number of primary amides is 1. The second-order valence-corrected chi connectivity index (χ2v) is 3.78. The Balaban J connectivity index is 2.99. The number of carbonyl (C=O) groups excluding carboxylic acids is 1. The van der Waals surface area contributed by atoms with Gasteiger partial charge in [0.15, 0.2) is 0 Å². The molecule has 1 heterocycles. The molecule has 0 aromatic carbocycles. The van der Waals surface area contributed by atoms with Crippen LogP contribution < -0.4 is 5.73 Å². The van der Waals surface area contributed by atoms with E-state index in [9.17, 15) is 9.59 Å². The molecule has 4 nitrogen and oxygen atoms in total. The number of amides is 1. The SMILES string of the molecule is Cc1cc(C(=O)O)sc1C=CC(N)=O. The van der Waals surface area contributed by atoms with Crippen LogP contribution in [0.4, 0.5) is 0 Å². The first-order valence-corrected chi connectivity index (χ1v) is 4.63. The van der Waals surface area contributed by atoms with E-state index in [2.05, 4.69) is 0 Å². The van der Waals surface area contributed by atoms with Gasteiger partial charge < -0.3 is 10.8 Å². The zero-order chi connectivity index (χ0) is 10.7. The standard InChI is InChI=1S/C9H9NO3S/c1-5-4-7(9(12)13)14-6(5)2-3-8(10)11/h2-4H,1H3,(H2,10,11)(H,12,13). The maximum Gasteiger partial charge on any atom is 0.345 e. The highest BCUT2D eigenvalue weighted by molar-refractivity contribution is 7.15. The summed E-state index contributed by atoms with van der Waals surface area (Å²) < 4.78 is 0. The van der Waals surface area contributed by atoms with Gasteiger partial charge in [0.25, 0.3) is 0 Å². The molecule has 0 unspecified atom stereocenters. The smallest absolute Gasteiger partial charge is 0.345 e. The molecule has 74 valence electrons. The predicted octanol–water partition coefficient (Wildman–Crippen LogP) is 1.25. The molecule has 1 aromatic heterocycles. The molecule has 0 bridgehead atoms. The van der Waals surface area contributed by atoms with Crippen molar-refractivity contribution in [2.45, 2.75) is 6.92 Å². The van der Waals surface area contributed by atoms with Crippen molar-refractivity contribution >= 4 is 29.3 Å². The molecule has 0 fully saturated rings. The highest BCUT2D eigenvalue weighted by Crippen LogP contribution is 2.22. The predicted molar refractivity (Wildman–Crippen MR) is 54.2 cm³/mol. The third-order valence-electron chi connectivity index (χ3n) is 1.57. The molecule has 5 heteroatoms. The minimum Gasteiger partial charge on any atom is -0.477 e. The van der Waals surface area contributed by atoms with E-state index in [4.69, 9.17) is 10.8 Å². The van der Waals surface area contributed by atoms with Crippen molar-refractivity contribution in [3.05, 3.63) is 27.5 Å². The molecule has 0 atom stereocenters. The maximum atomic E-state index is 10.6. The summed E-state index contributed by atoms with van der Waals surface area (Å²) in [6.45, 7) is 1.78. The molecule has 0 aliphatic heterocycles. The Morgan fingerprint density at radius 1 is 1.57 bits per heavy atom. The van der Waals surface area contributed by atoms with E-state index in [1.807, 2.05) is 0 Å². The van der Waals surface area contributed by atoms with E-state index in [1.54, 1.807) is 13.0 Å². The fourth-order valence-electron chi connectivity index (χ4n) is 0.925. The molecule has 1 rings (SSSR count). The molecule has 0 radical (unpaired) electrons. The van der Waals surface area contributed by atoms with Crippen molar-refractivity contribution in [3.8, 4) is 0 Å². The van der Waals surface area contributed by atoms with E-state index < -0.39 is 11.9 Å². The molecule has 0 saturated carbocycles. The van der Waals surface area contributed by atoms with Gasteiger partial charge in [0.2, 0.25) is 5.91 Å². The van der Waals surface area contributed by atoms with Crippen LogP contribution in [0.15, 0.2) is 12.1 Å². The number of carbonyl (C=O) groups is 2. The number of carboxylic acid groups (broad SMARTS) is 1.